The zero-order chi connectivity index (χ0) is 16.4. The molecule has 0 unspecified atom stereocenters. The molecule has 23 heavy (non-hydrogen) atoms. The molecular weight excluding hydrogens is 314 g/mol. The Morgan fingerprint density at radius 1 is 0.957 bits per heavy atom. The van der Waals surface area contributed by atoms with Crippen molar-refractivity contribution in [2.45, 2.75) is 6.92 Å². The van der Waals surface area contributed by atoms with Gasteiger partial charge in [-0.15, -0.1) is 0 Å². The lowest BCUT2D eigenvalue weighted by atomic mass is 10.1. The van der Waals surface area contributed by atoms with Crippen molar-refractivity contribution >= 4 is 34.7 Å². The predicted molar refractivity (Wildman–Crippen MR) is 89.3 cm³/mol. The fourth-order valence-electron chi connectivity index (χ4n) is 2.45. The average molecular weight is 328 g/mol. The third-order valence-electron chi connectivity index (χ3n) is 3.50. The van der Waals surface area contributed by atoms with Crippen LogP contribution in [0.4, 0.5) is 5.69 Å². The number of benzene rings is 2. The van der Waals surface area contributed by atoms with Gasteiger partial charge in [-0.25, -0.2) is 4.90 Å². The van der Waals surface area contributed by atoms with Gasteiger partial charge in [0.05, 0.1) is 17.9 Å². The minimum atomic E-state index is -0.514. The number of imide groups is 1. The molecule has 2 aromatic rings. The van der Waals surface area contributed by atoms with Crippen molar-refractivity contribution in [3.8, 4) is 5.75 Å². The molecule has 5 heteroatoms. The normalized spacial score (nSPS) is 14.6. The van der Waals surface area contributed by atoms with E-state index >= 15 is 0 Å². The molecule has 0 spiro atoms. The van der Waals surface area contributed by atoms with E-state index in [2.05, 4.69) is 0 Å². The Balaban J connectivity index is 1.95. The molecule has 0 fully saturated rings. The Bertz CT molecular complexity index is 782. The van der Waals surface area contributed by atoms with E-state index < -0.39 is 11.8 Å². The van der Waals surface area contributed by atoms with Crippen LogP contribution in [-0.4, -0.2) is 18.4 Å². The van der Waals surface area contributed by atoms with Gasteiger partial charge in [-0.3, -0.25) is 9.59 Å². The molecule has 0 N–H and O–H groups in total. The second-order valence-electron chi connectivity index (χ2n) is 4.93. The van der Waals surface area contributed by atoms with Gasteiger partial charge >= 0.3 is 0 Å². The largest absolute Gasteiger partial charge is 0.494 e. The van der Waals surface area contributed by atoms with Crippen molar-refractivity contribution in [1.29, 1.82) is 0 Å². The number of carbonyl (C=O) groups excluding carboxylic acids is 2. The lowest BCUT2D eigenvalue weighted by Crippen LogP contribution is -2.31. The van der Waals surface area contributed by atoms with Gasteiger partial charge in [0.25, 0.3) is 11.8 Å². The van der Waals surface area contributed by atoms with Crippen molar-refractivity contribution in [1.82, 2.24) is 0 Å². The third kappa shape index (κ3) is 2.73. The summed E-state index contributed by atoms with van der Waals surface area (Å²) in [5.41, 5.74) is 1.32. The van der Waals surface area contributed by atoms with E-state index in [1.54, 1.807) is 48.5 Å². The number of carbonyl (C=O) groups is 2. The van der Waals surface area contributed by atoms with Crippen LogP contribution in [0.3, 0.4) is 0 Å². The van der Waals surface area contributed by atoms with Crippen LogP contribution in [0, 0.1) is 0 Å². The molecule has 1 heterocycles. The Labute approximate surface area is 138 Å². The summed E-state index contributed by atoms with van der Waals surface area (Å²) in [7, 11) is 0. The summed E-state index contributed by atoms with van der Waals surface area (Å²) in [4.78, 5) is 26.1. The number of amides is 2. The molecule has 0 saturated heterocycles. The van der Waals surface area contributed by atoms with Crippen LogP contribution in [0.5, 0.6) is 5.75 Å². The topological polar surface area (TPSA) is 46.6 Å². The minimum absolute atomic E-state index is 0.0601. The van der Waals surface area contributed by atoms with Gasteiger partial charge in [0.2, 0.25) is 0 Å². The van der Waals surface area contributed by atoms with Gasteiger partial charge in [-0.1, -0.05) is 41.9 Å². The smallest absolute Gasteiger partial charge is 0.277 e. The first-order chi connectivity index (χ1) is 11.1. The van der Waals surface area contributed by atoms with Crippen molar-refractivity contribution in [3.05, 3.63) is 65.2 Å². The van der Waals surface area contributed by atoms with Crippen LogP contribution in [0.15, 0.2) is 59.6 Å². The molecule has 0 aliphatic carbocycles. The van der Waals surface area contributed by atoms with Gasteiger partial charge in [0.15, 0.2) is 0 Å². The first-order valence-corrected chi connectivity index (χ1v) is 7.58. The second-order valence-corrected chi connectivity index (χ2v) is 5.31. The summed E-state index contributed by atoms with van der Waals surface area (Å²) in [6, 6.07) is 15.7. The Hall–Kier alpha value is -2.59. The van der Waals surface area contributed by atoms with Gasteiger partial charge < -0.3 is 4.74 Å². The molecule has 1 aliphatic heterocycles. The van der Waals surface area contributed by atoms with Gasteiger partial charge in [0.1, 0.15) is 10.8 Å². The number of hydrogen-bond acceptors (Lipinski definition) is 3. The summed E-state index contributed by atoms with van der Waals surface area (Å²) >= 11 is 6.13. The fourth-order valence-corrected chi connectivity index (χ4v) is 2.73. The predicted octanol–water partition coefficient (Wildman–Crippen LogP) is 3.61. The van der Waals surface area contributed by atoms with Crippen LogP contribution in [-0.2, 0) is 9.59 Å². The monoisotopic (exact) mass is 327 g/mol. The van der Waals surface area contributed by atoms with E-state index in [4.69, 9.17) is 16.3 Å². The maximum Gasteiger partial charge on any atom is 0.277 e. The third-order valence-corrected chi connectivity index (χ3v) is 3.85. The molecule has 0 atom stereocenters. The maximum absolute atomic E-state index is 12.7. The second kappa shape index (κ2) is 6.26. The molecule has 3 rings (SSSR count). The highest BCUT2D eigenvalue weighted by Gasteiger charge is 2.39. The molecule has 2 aromatic carbocycles. The highest BCUT2D eigenvalue weighted by atomic mass is 35.5. The van der Waals surface area contributed by atoms with Gasteiger partial charge in [0, 0.05) is 0 Å². The van der Waals surface area contributed by atoms with Crippen LogP contribution in [0.1, 0.15) is 12.5 Å². The van der Waals surface area contributed by atoms with Gasteiger partial charge in [-0.2, -0.15) is 0 Å². The van der Waals surface area contributed by atoms with Crippen LogP contribution < -0.4 is 9.64 Å². The zero-order valence-electron chi connectivity index (χ0n) is 12.5. The number of ether oxygens (including phenoxy) is 1. The molecular formula is C18H14ClNO3. The van der Waals surface area contributed by atoms with E-state index in [0.717, 1.165) is 4.90 Å². The number of rotatable bonds is 4. The minimum Gasteiger partial charge on any atom is -0.494 e. The lowest BCUT2D eigenvalue weighted by molar-refractivity contribution is -0.119. The van der Waals surface area contributed by atoms with Crippen LogP contribution in [0.25, 0.3) is 5.57 Å². The number of halogens is 1. The van der Waals surface area contributed by atoms with Crippen molar-refractivity contribution < 1.29 is 14.3 Å². The van der Waals surface area contributed by atoms with E-state index in [9.17, 15) is 9.59 Å². The molecule has 0 saturated carbocycles. The van der Waals surface area contributed by atoms with E-state index in [1.807, 2.05) is 13.0 Å². The molecule has 0 radical (unpaired) electrons. The first kappa shape index (κ1) is 15.3. The van der Waals surface area contributed by atoms with Crippen molar-refractivity contribution in [2.24, 2.45) is 0 Å². The Kier molecular flexibility index (Phi) is 4.17. The molecule has 0 aromatic heterocycles. The Morgan fingerprint density at radius 3 is 2.22 bits per heavy atom. The molecule has 4 nitrogen and oxygen atoms in total. The summed E-state index contributed by atoms with van der Waals surface area (Å²) in [6.45, 7) is 2.43. The van der Waals surface area contributed by atoms with E-state index in [1.165, 1.54) is 0 Å². The lowest BCUT2D eigenvalue weighted by Gasteiger charge is -2.15. The summed E-state index contributed by atoms with van der Waals surface area (Å²) in [5.74, 6) is -0.257. The number of nitrogens with zero attached hydrogens (tertiary/aromatic N) is 1. The number of anilines is 1. The van der Waals surface area contributed by atoms with Crippen LogP contribution >= 0.6 is 11.6 Å². The molecule has 0 bridgehead atoms. The standard InChI is InChI=1S/C18H14ClNO3/c1-2-23-14-10-8-13(9-11-14)20-17(21)15(16(19)18(20)22)12-6-4-3-5-7-12/h3-11H,2H2,1H3. The quantitative estimate of drug-likeness (QED) is 0.806. The molecule has 2 amide bonds. The highest BCUT2D eigenvalue weighted by Crippen LogP contribution is 2.35. The zero-order valence-corrected chi connectivity index (χ0v) is 13.2. The summed E-state index contributed by atoms with van der Waals surface area (Å²) < 4.78 is 5.36. The summed E-state index contributed by atoms with van der Waals surface area (Å²) in [5, 5.41) is -0.0601. The number of hydrogen-bond donors (Lipinski definition) is 0. The van der Waals surface area contributed by atoms with E-state index in [-0.39, 0.29) is 10.6 Å². The van der Waals surface area contributed by atoms with Crippen molar-refractivity contribution in [2.75, 3.05) is 11.5 Å². The maximum atomic E-state index is 12.7. The SMILES string of the molecule is CCOc1ccc(N2C(=O)C(Cl)=C(c3ccccc3)C2=O)cc1. The average Bonchev–Trinajstić information content (AvgIpc) is 2.79. The summed E-state index contributed by atoms with van der Waals surface area (Å²) in [6.07, 6.45) is 0. The van der Waals surface area contributed by atoms with Crippen LogP contribution in [0.2, 0.25) is 0 Å². The van der Waals surface area contributed by atoms with Crippen molar-refractivity contribution in [3.63, 3.8) is 0 Å². The molecule has 116 valence electrons. The molecule has 1 aliphatic rings. The fraction of sp³-hybridized carbons (Fsp3) is 0.111. The Morgan fingerprint density at radius 2 is 1.61 bits per heavy atom. The van der Waals surface area contributed by atoms with Gasteiger partial charge in [-0.05, 0) is 36.8 Å². The van der Waals surface area contributed by atoms with E-state index in [0.29, 0.717) is 23.6 Å². The first-order valence-electron chi connectivity index (χ1n) is 7.20. The highest BCUT2D eigenvalue weighted by molar-refractivity contribution is 6.60.